The standard InChI is InChI=1S/C20H32O12/c1-5-27-18(25)13(19(26)28-6-2)8-7-9-29-20-17(31-12(4)23)16(30-11(3)22)15(24)14(10-21)32-20/h13-17,20-21,24H,5-10H2,1-4H3/t14-,15-,16+,17+,20?/m1/s1. The maximum Gasteiger partial charge on any atom is 0.320 e. The Kier molecular flexibility index (Phi) is 12.1. The largest absolute Gasteiger partial charge is 0.465 e. The van der Waals surface area contributed by atoms with Crippen LogP contribution in [0.25, 0.3) is 0 Å². The summed E-state index contributed by atoms with van der Waals surface area (Å²) in [4.78, 5) is 47.1. The van der Waals surface area contributed by atoms with Crippen molar-refractivity contribution >= 4 is 23.9 Å². The second-order valence-corrected chi connectivity index (χ2v) is 6.93. The Labute approximate surface area is 186 Å². The quantitative estimate of drug-likeness (QED) is 0.164. The minimum absolute atomic E-state index is 0.0568. The molecular formula is C20H32O12. The normalized spacial score (nSPS) is 25.2. The van der Waals surface area contributed by atoms with E-state index in [0.29, 0.717) is 0 Å². The van der Waals surface area contributed by atoms with Crippen molar-refractivity contribution in [1.82, 2.24) is 0 Å². The van der Waals surface area contributed by atoms with Gasteiger partial charge in [-0.2, -0.15) is 0 Å². The van der Waals surface area contributed by atoms with Gasteiger partial charge in [-0.1, -0.05) is 0 Å². The van der Waals surface area contributed by atoms with Gasteiger partial charge < -0.3 is 38.6 Å². The maximum absolute atomic E-state index is 12.0. The molecule has 0 aromatic rings. The fourth-order valence-electron chi connectivity index (χ4n) is 3.12. The highest BCUT2D eigenvalue weighted by molar-refractivity contribution is 5.94. The topological polar surface area (TPSA) is 164 Å². The predicted octanol–water partition coefficient (Wildman–Crippen LogP) is -0.533. The smallest absolute Gasteiger partial charge is 0.320 e. The lowest BCUT2D eigenvalue weighted by Crippen LogP contribution is -2.61. The van der Waals surface area contributed by atoms with Gasteiger partial charge >= 0.3 is 23.9 Å². The van der Waals surface area contributed by atoms with Crippen LogP contribution in [0, 0.1) is 5.92 Å². The molecule has 1 aliphatic heterocycles. The Morgan fingerprint density at radius 3 is 1.94 bits per heavy atom. The third-order valence-electron chi connectivity index (χ3n) is 4.46. The van der Waals surface area contributed by atoms with Crippen LogP contribution < -0.4 is 0 Å². The molecule has 0 spiro atoms. The maximum atomic E-state index is 12.0. The SMILES string of the molecule is CCOC(=O)C(CCCOC1O[C@H](CO)[C@@H](O)[C@H](OC(C)=O)[C@@H]1OC(C)=O)C(=O)OCC. The third-order valence-corrected chi connectivity index (χ3v) is 4.46. The van der Waals surface area contributed by atoms with Crippen LogP contribution in [0.4, 0.5) is 0 Å². The second kappa shape index (κ2) is 14.0. The van der Waals surface area contributed by atoms with Crippen molar-refractivity contribution in [3.63, 3.8) is 0 Å². The number of aliphatic hydroxyl groups is 2. The fourth-order valence-corrected chi connectivity index (χ4v) is 3.12. The molecule has 1 saturated heterocycles. The molecule has 0 radical (unpaired) electrons. The highest BCUT2D eigenvalue weighted by atomic mass is 16.7. The van der Waals surface area contributed by atoms with Crippen molar-refractivity contribution in [1.29, 1.82) is 0 Å². The number of ether oxygens (including phenoxy) is 6. The summed E-state index contributed by atoms with van der Waals surface area (Å²) in [6.45, 7) is 5.01. The van der Waals surface area contributed by atoms with Crippen LogP contribution in [0.2, 0.25) is 0 Å². The van der Waals surface area contributed by atoms with Crippen molar-refractivity contribution in [2.24, 2.45) is 5.92 Å². The van der Waals surface area contributed by atoms with E-state index >= 15 is 0 Å². The van der Waals surface area contributed by atoms with E-state index in [9.17, 15) is 29.4 Å². The van der Waals surface area contributed by atoms with E-state index in [0.717, 1.165) is 13.8 Å². The molecule has 0 amide bonds. The van der Waals surface area contributed by atoms with Crippen molar-refractivity contribution in [3.8, 4) is 0 Å². The van der Waals surface area contributed by atoms with Crippen LogP contribution in [0.5, 0.6) is 0 Å². The van der Waals surface area contributed by atoms with Crippen LogP contribution in [0.1, 0.15) is 40.5 Å². The predicted molar refractivity (Wildman–Crippen MR) is 105 cm³/mol. The number of carbonyl (C=O) groups is 4. The van der Waals surface area contributed by atoms with E-state index in [4.69, 9.17) is 28.4 Å². The lowest BCUT2D eigenvalue weighted by molar-refractivity contribution is -0.306. The number of aliphatic hydroxyl groups excluding tert-OH is 2. The van der Waals surface area contributed by atoms with Gasteiger partial charge in [-0.25, -0.2) is 0 Å². The van der Waals surface area contributed by atoms with Crippen LogP contribution >= 0.6 is 0 Å². The zero-order valence-electron chi connectivity index (χ0n) is 18.7. The summed E-state index contributed by atoms with van der Waals surface area (Å²) in [5.41, 5.74) is 0. The minimum Gasteiger partial charge on any atom is -0.465 e. The molecule has 12 nitrogen and oxygen atoms in total. The summed E-state index contributed by atoms with van der Waals surface area (Å²) in [5.74, 6) is -4.03. The van der Waals surface area contributed by atoms with Gasteiger partial charge in [0.1, 0.15) is 12.2 Å². The van der Waals surface area contributed by atoms with Crippen molar-refractivity contribution in [3.05, 3.63) is 0 Å². The lowest BCUT2D eigenvalue weighted by Gasteiger charge is -2.42. The molecule has 12 heteroatoms. The number of esters is 4. The molecule has 2 N–H and O–H groups in total. The van der Waals surface area contributed by atoms with Crippen LogP contribution in [-0.2, 0) is 47.6 Å². The van der Waals surface area contributed by atoms with Crippen molar-refractivity contribution < 1.29 is 57.8 Å². The molecule has 1 rings (SSSR count). The monoisotopic (exact) mass is 464 g/mol. The molecule has 0 aliphatic carbocycles. The van der Waals surface area contributed by atoms with E-state index in [1.54, 1.807) is 13.8 Å². The summed E-state index contributed by atoms with van der Waals surface area (Å²) < 4.78 is 31.1. The van der Waals surface area contributed by atoms with E-state index in [2.05, 4.69) is 0 Å². The van der Waals surface area contributed by atoms with Gasteiger partial charge in [-0.3, -0.25) is 19.2 Å². The molecule has 1 unspecified atom stereocenters. The third kappa shape index (κ3) is 8.34. The molecule has 1 fully saturated rings. The first-order chi connectivity index (χ1) is 15.2. The van der Waals surface area contributed by atoms with Gasteiger partial charge in [-0.05, 0) is 26.7 Å². The van der Waals surface area contributed by atoms with Crippen LogP contribution in [-0.4, -0.2) is 91.2 Å². The van der Waals surface area contributed by atoms with Gasteiger partial charge in [-0.15, -0.1) is 0 Å². The lowest BCUT2D eigenvalue weighted by atomic mass is 9.98. The van der Waals surface area contributed by atoms with Crippen molar-refractivity contribution in [2.75, 3.05) is 26.4 Å². The van der Waals surface area contributed by atoms with E-state index in [1.807, 2.05) is 0 Å². The van der Waals surface area contributed by atoms with Gasteiger partial charge in [0.2, 0.25) is 0 Å². The Bertz CT molecular complexity index is 618. The van der Waals surface area contributed by atoms with Crippen LogP contribution in [0.15, 0.2) is 0 Å². The first-order valence-corrected chi connectivity index (χ1v) is 10.4. The molecule has 184 valence electrons. The summed E-state index contributed by atoms with van der Waals surface area (Å²) in [6.07, 6.45) is -6.30. The Balaban J connectivity index is 2.84. The van der Waals surface area contributed by atoms with Crippen LogP contribution in [0.3, 0.4) is 0 Å². The molecule has 1 heterocycles. The Morgan fingerprint density at radius 1 is 0.938 bits per heavy atom. The number of rotatable bonds is 12. The van der Waals surface area contributed by atoms with Gasteiger partial charge in [0.25, 0.3) is 0 Å². The summed E-state index contributed by atoms with van der Waals surface area (Å²) in [7, 11) is 0. The number of hydrogen-bond acceptors (Lipinski definition) is 12. The molecule has 5 atom stereocenters. The first kappa shape index (κ1) is 27.8. The number of carbonyl (C=O) groups excluding carboxylic acids is 4. The van der Waals surface area contributed by atoms with E-state index in [-0.39, 0.29) is 32.7 Å². The highest BCUT2D eigenvalue weighted by Crippen LogP contribution is 2.27. The average Bonchev–Trinajstić information content (AvgIpc) is 2.71. The molecular weight excluding hydrogens is 432 g/mol. The molecule has 0 bridgehead atoms. The minimum atomic E-state index is -1.47. The summed E-state index contributed by atoms with van der Waals surface area (Å²) in [5, 5.41) is 19.8. The van der Waals surface area contributed by atoms with Gasteiger partial charge in [0, 0.05) is 20.5 Å². The van der Waals surface area contributed by atoms with Gasteiger partial charge in [0.05, 0.1) is 19.8 Å². The molecule has 0 saturated carbocycles. The average molecular weight is 464 g/mol. The Morgan fingerprint density at radius 2 is 1.47 bits per heavy atom. The summed E-state index contributed by atoms with van der Waals surface area (Å²) in [6, 6.07) is 0. The molecule has 0 aromatic heterocycles. The summed E-state index contributed by atoms with van der Waals surface area (Å²) >= 11 is 0. The highest BCUT2D eigenvalue weighted by Gasteiger charge is 2.49. The first-order valence-electron chi connectivity index (χ1n) is 10.4. The fraction of sp³-hybridized carbons (Fsp3) is 0.800. The van der Waals surface area contributed by atoms with Crippen molar-refractivity contribution in [2.45, 2.75) is 71.2 Å². The second-order valence-electron chi connectivity index (χ2n) is 6.93. The zero-order chi connectivity index (χ0) is 24.3. The van der Waals surface area contributed by atoms with E-state index < -0.39 is 67.1 Å². The number of hydrogen-bond donors (Lipinski definition) is 2. The molecule has 32 heavy (non-hydrogen) atoms. The van der Waals surface area contributed by atoms with Gasteiger partial charge in [0.15, 0.2) is 24.4 Å². The Hall–Kier alpha value is -2.28. The van der Waals surface area contributed by atoms with E-state index in [1.165, 1.54) is 0 Å². The zero-order valence-corrected chi connectivity index (χ0v) is 18.7. The molecule has 1 aliphatic rings. The molecule has 0 aromatic carbocycles.